The smallest absolute Gasteiger partial charge is 0.251 e. The molecule has 0 aliphatic carbocycles. The Morgan fingerprint density at radius 2 is 1.86 bits per heavy atom. The molecule has 0 aromatic heterocycles. The van der Waals surface area contributed by atoms with Gasteiger partial charge in [-0.25, -0.2) is 8.78 Å². The number of hydrogen-bond acceptors (Lipinski definition) is 2. The van der Waals surface area contributed by atoms with E-state index in [0.717, 1.165) is 23.4 Å². The molecule has 2 aromatic carbocycles. The van der Waals surface area contributed by atoms with Gasteiger partial charge in [-0.15, -0.1) is 0 Å². The van der Waals surface area contributed by atoms with Crippen LogP contribution in [0.5, 0.6) is 0 Å². The molecule has 0 saturated carbocycles. The first-order chi connectivity index (χ1) is 10.0. The summed E-state index contributed by atoms with van der Waals surface area (Å²) in [7, 11) is 1.58. The summed E-state index contributed by atoms with van der Waals surface area (Å²) >= 11 is 0. The Bertz CT molecular complexity index is 671. The van der Waals surface area contributed by atoms with Gasteiger partial charge >= 0.3 is 0 Å². The summed E-state index contributed by atoms with van der Waals surface area (Å²) in [6, 6.07) is 9.07. The van der Waals surface area contributed by atoms with Crippen LogP contribution in [0, 0.1) is 18.6 Å². The highest BCUT2D eigenvalue weighted by molar-refractivity contribution is 5.94. The summed E-state index contributed by atoms with van der Waals surface area (Å²) in [5.41, 5.74) is 2.96. The lowest BCUT2D eigenvalue weighted by Crippen LogP contribution is -2.17. The molecule has 21 heavy (non-hydrogen) atoms. The van der Waals surface area contributed by atoms with Crippen LogP contribution in [0.3, 0.4) is 0 Å². The van der Waals surface area contributed by atoms with Crippen molar-refractivity contribution in [3.8, 4) is 0 Å². The summed E-state index contributed by atoms with van der Waals surface area (Å²) < 4.78 is 26.0. The van der Waals surface area contributed by atoms with E-state index in [0.29, 0.717) is 17.7 Å². The van der Waals surface area contributed by atoms with Crippen LogP contribution >= 0.6 is 0 Å². The third kappa shape index (κ3) is 3.56. The third-order valence-electron chi connectivity index (χ3n) is 3.18. The molecule has 0 aliphatic rings. The lowest BCUT2D eigenvalue weighted by atomic mass is 10.1. The quantitative estimate of drug-likeness (QED) is 0.907. The average molecular weight is 290 g/mol. The fraction of sp³-hybridized carbons (Fsp3) is 0.188. The number of halogens is 2. The fourth-order valence-corrected chi connectivity index (χ4v) is 1.99. The Hall–Kier alpha value is -2.43. The molecule has 0 bridgehead atoms. The van der Waals surface area contributed by atoms with Crippen LogP contribution in [0.4, 0.5) is 14.5 Å². The van der Waals surface area contributed by atoms with Crippen LogP contribution in [0.25, 0.3) is 0 Å². The van der Waals surface area contributed by atoms with Gasteiger partial charge in [0.25, 0.3) is 5.91 Å². The minimum atomic E-state index is -0.860. The number of aryl methyl sites for hydroxylation is 1. The maximum Gasteiger partial charge on any atom is 0.251 e. The van der Waals surface area contributed by atoms with Crippen LogP contribution in [0.1, 0.15) is 21.5 Å². The lowest BCUT2D eigenvalue weighted by Gasteiger charge is -2.11. The van der Waals surface area contributed by atoms with Crippen molar-refractivity contribution in [2.75, 3.05) is 12.4 Å². The lowest BCUT2D eigenvalue weighted by molar-refractivity contribution is 0.0963. The first-order valence-corrected chi connectivity index (χ1v) is 6.52. The van der Waals surface area contributed by atoms with Crippen molar-refractivity contribution >= 4 is 11.6 Å². The molecule has 0 fully saturated rings. The maximum atomic E-state index is 13.1. The summed E-state index contributed by atoms with van der Waals surface area (Å²) in [5, 5.41) is 5.70. The Morgan fingerprint density at radius 3 is 2.48 bits per heavy atom. The molecule has 0 aliphatic heterocycles. The Morgan fingerprint density at radius 1 is 1.10 bits per heavy atom. The highest BCUT2D eigenvalue weighted by Gasteiger charge is 2.06. The predicted molar refractivity (Wildman–Crippen MR) is 78.3 cm³/mol. The number of amides is 1. The third-order valence-corrected chi connectivity index (χ3v) is 3.18. The monoisotopic (exact) mass is 290 g/mol. The van der Waals surface area contributed by atoms with Crippen molar-refractivity contribution in [1.82, 2.24) is 5.32 Å². The first-order valence-electron chi connectivity index (χ1n) is 6.52. The number of carbonyl (C=O) groups is 1. The topological polar surface area (TPSA) is 41.1 Å². The van der Waals surface area contributed by atoms with Crippen LogP contribution in [0.15, 0.2) is 36.4 Å². The van der Waals surface area contributed by atoms with Gasteiger partial charge in [-0.3, -0.25) is 4.79 Å². The number of carbonyl (C=O) groups excluding carboxylic acids is 1. The molecule has 0 heterocycles. The maximum absolute atomic E-state index is 13.1. The van der Waals surface area contributed by atoms with E-state index in [2.05, 4.69) is 10.6 Å². The zero-order valence-corrected chi connectivity index (χ0v) is 11.8. The summed E-state index contributed by atoms with van der Waals surface area (Å²) in [6.45, 7) is 2.25. The van der Waals surface area contributed by atoms with E-state index in [1.54, 1.807) is 25.2 Å². The molecule has 3 nitrogen and oxygen atoms in total. The van der Waals surface area contributed by atoms with Crippen molar-refractivity contribution in [2.24, 2.45) is 0 Å². The molecular formula is C16H16F2N2O. The van der Waals surface area contributed by atoms with Crippen molar-refractivity contribution < 1.29 is 13.6 Å². The van der Waals surface area contributed by atoms with E-state index >= 15 is 0 Å². The summed E-state index contributed by atoms with van der Waals surface area (Å²) in [5.74, 6) is -1.86. The molecule has 110 valence electrons. The normalized spacial score (nSPS) is 10.3. The van der Waals surface area contributed by atoms with Gasteiger partial charge in [-0.1, -0.05) is 6.07 Å². The molecule has 1 amide bonds. The molecule has 2 N–H and O–H groups in total. The Labute approximate surface area is 122 Å². The summed E-state index contributed by atoms with van der Waals surface area (Å²) in [6.07, 6.45) is 0. The van der Waals surface area contributed by atoms with Crippen molar-refractivity contribution in [3.05, 3.63) is 64.7 Å². The van der Waals surface area contributed by atoms with E-state index in [9.17, 15) is 13.6 Å². The standard InChI is InChI=1S/C16H16F2N2O/c1-10-7-12(16(21)19-2)4-6-15(10)20-9-11-3-5-13(17)14(18)8-11/h3-8,20H,9H2,1-2H3,(H,19,21). The number of rotatable bonds is 4. The van der Waals surface area contributed by atoms with Crippen molar-refractivity contribution in [1.29, 1.82) is 0 Å². The van der Waals surface area contributed by atoms with E-state index in [4.69, 9.17) is 0 Å². The van der Waals surface area contributed by atoms with E-state index in [1.807, 2.05) is 6.92 Å². The van der Waals surface area contributed by atoms with Crippen LogP contribution in [-0.2, 0) is 6.54 Å². The molecule has 5 heteroatoms. The zero-order chi connectivity index (χ0) is 15.4. The second kappa shape index (κ2) is 6.35. The molecule has 0 unspecified atom stereocenters. The largest absolute Gasteiger partial charge is 0.381 e. The number of hydrogen-bond donors (Lipinski definition) is 2. The number of nitrogens with one attached hydrogen (secondary N) is 2. The first kappa shape index (κ1) is 15.0. The van der Waals surface area contributed by atoms with Crippen LogP contribution < -0.4 is 10.6 Å². The second-order valence-corrected chi connectivity index (χ2v) is 4.71. The number of benzene rings is 2. The van der Waals surface area contributed by atoms with E-state index < -0.39 is 11.6 Å². The molecule has 0 radical (unpaired) electrons. The van der Waals surface area contributed by atoms with Crippen LogP contribution in [0.2, 0.25) is 0 Å². The summed E-state index contributed by atoms with van der Waals surface area (Å²) in [4.78, 5) is 11.5. The molecule has 2 aromatic rings. The van der Waals surface area contributed by atoms with Gasteiger partial charge in [0.05, 0.1) is 0 Å². The molecule has 0 atom stereocenters. The van der Waals surface area contributed by atoms with Crippen molar-refractivity contribution in [3.63, 3.8) is 0 Å². The Kier molecular flexibility index (Phi) is 4.52. The second-order valence-electron chi connectivity index (χ2n) is 4.71. The molecule has 0 saturated heterocycles. The molecule has 0 spiro atoms. The van der Waals surface area contributed by atoms with Gasteiger partial charge in [0.2, 0.25) is 0 Å². The van der Waals surface area contributed by atoms with Crippen LogP contribution in [-0.4, -0.2) is 13.0 Å². The minimum Gasteiger partial charge on any atom is -0.381 e. The van der Waals surface area contributed by atoms with Gasteiger partial charge in [0.15, 0.2) is 11.6 Å². The van der Waals surface area contributed by atoms with Gasteiger partial charge in [-0.2, -0.15) is 0 Å². The Balaban J connectivity index is 2.09. The van der Waals surface area contributed by atoms with Crippen molar-refractivity contribution in [2.45, 2.75) is 13.5 Å². The van der Waals surface area contributed by atoms with Gasteiger partial charge in [0.1, 0.15) is 0 Å². The highest BCUT2D eigenvalue weighted by atomic mass is 19.2. The van der Waals surface area contributed by atoms with Gasteiger partial charge < -0.3 is 10.6 Å². The van der Waals surface area contributed by atoms with Gasteiger partial charge in [-0.05, 0) is 48.4 Å². The van der Waals surface area contributed by atoms with E-state index in [-0.39, 0.29) is 5.91 Å². The number of anilines is 1. The average Bonchev–Trinajstić information content (AvgIpc) is 2.48. The van der Waals surface area contributed by atoms with Gasteiger partial charge in [0, 0.05) is 24.8 Å². The highest BCUT2D eigenvalue weighted by Crippen LogP contribution is 2.18. The molecular weight excluding hydrogens is 274 g/mol. The minimum absolute atomic E-state index is 0.148. The SMILES string of the molecule is CNC(=O)c1ccc(NCc2ccc(F)c(F)c2)c(C)c1. The fourth-order valence-electron chi connectivity index (χ4n) is 1.99. The molecule has 2 rings (SSSR count). The zero-order valence-electron chi connectivity index (χ0n) is 11.8. The van der Waals surface area contributed by atoms with E-state index in [1.165, 1.54) is 6.07 Å². The predicted octanol–water partition coefficient (Wildman–Crippen LogP) is 3.24.